The highest BCUT2D eigenvalue weighted by molar-refractivity contribution is 7.90. The predicted molar refractivity (Wildman–Crippen MR) is 122 cm³/mol. The van der Waals surface area contributed by atoms with E-state index in [1.54, 1.807) is 11.6 Å². The van der Waals surface area contributed by atoms with Crippen LogP contribution in [0.1, 0.15) is 33.3 Å². The Hall–Kier alpha value is -3.72. The highest BCUT2D eigenvalue weighted by atomic mass is 32.2. The smallest absolute Gasteiger partial charge is 0.329 e. The average Bonchev–Trinajstić information content (AvgIpc) is 2.75. The van der Waals surface area contributed by atoms with Gasteiger partial charge in [0, 0.05) is 27.7 Å². The highest BCUT2D eigenvalue weighted by Crippen LogP contribution is 2.28. The average molecular weight is 545 g/mol. The fourth-order valence-corrected chi connectivity index (χ4v) is 4.31. The van der Waals surface area contributed by atoms with E-state index < -0.39 is 77.2 Å². The zero-order valence-corrected chi connectivity index (χ0v) is 21.5. The number of nitrogens with one attached hydrogen (secondary N) is 2. The Balaban J connectivity index is 2.40. The number of amides is 2. The number of benzene rings is 1. The van der Waals surface area contributed by atoms with Gasteiger partial charge in [0.25, 0.3) is 10.0 Å². The minimum Gasteiger partial charge on any atom is -0.463 e. The summed E-state index contributed by atoms with van der Waals surface area (Å²) in [7, 11) is -4.33. The molecule has 5 unspecified atom stereocenters. The van der Waals surface area contributed by atoms with Gasteiger partial charge >= 0.3 is 29.9 Å². The second-order valence-electron chi connectivity index (χ2n) is 8.02. The molecule has 1 aliphatic heterocycles. The monoisotopic (exact) mass is 544 g/mol. The molecule has 5 atom stereocenters. The second-order valence-corrected chi connectivity index (χ2v) is 9.70. The molecule has 1 saturated heterocycles. The van der Waals surface area contributed by atoms with Crippen molar-refractivity contribution in [1.82, 2.24) is 10.0 Å². The van der Waals surface area contributed by atoms with Crippen molar-refractivity contribution in [3.63, 3.8) is 0 Å². The Morgan fingerprint density at radius 3 is 1.89 bits per heavy atom. The standard InChI is InChI=1S/C22H28N2O12S/c1-11-6-8-16(9-7-11)37(30,31)24-22(29)23-18-20(34-14(4)27)19(33-13(3)26)17(10-32-12(2)25)36-21(18)35-15(5)28/h6-9,17-21H,10H2,1-5H3,(H2,23,24,29). The maximum atomic E-state index is 12.7. The van der Waals surface area contributed by atoms with Gasteiger partial charge in [-0.15, -0.1) is 0 Å². The molecule has 15 heteroatoms. The van der Waals surface area contributed by atoms with Crippen molar-refractivity contribution in [2.24, 2.45) is 0 Å². The Labute approximate surface area is 213 Å². The number of aryl methyl sites for hydroxylation is 1. The predicted octanol–water partition coefficient (Wildman–Crippen LogP) is 0.0660. The molecular formula is C22H28N2O12S. The summed E-state index contributed by atoms with van der Waals surface area (Å²) in [5.74, 6) is -3.30. The van der Waals surface area contributed by atoms with Crippen molar-refractivity contribution >= 4 is 39.9 Å². The number of sulfonamides is 1. The largest absolute Gasteiger partial charge is 0.463 e. The molecule has 1 fully saturated rings. The zero-order valence-electron chi connectivity index (χ0n) is 20.7. The van der Waals surface area contributed by atoms with Gasteiger partial charge in [0.1, 0.15) is 18.8 Å². The fraction of sp³-hybridized carbons (Fsp3) is 0.500. The van der Waals surface area contributed by atoms with Crippen molar-refractivity contribution in [3.05, 3.63) is 29.8 Å². The molecule has 14 nitrogen and oxygen atoms in total. The second kappa shape index (κ2) is 12.5. The summed E-state index contributed by atoms with van der Waals surface area (Å²) >= 11 is 0. The Morgan fingerprint density at radius 1 is 0.838 bits per heavy atom. The van der Waals surface area contributed by atoms with Crippen LogP contribution in [0.4, 0.5) is 4.79 Å². The lowest BCUT2D eigenvalue weighted by molar-refractivity contribution is -0.270. The molecular weight excluding hydrogens is 516 g/mol. The van der Waals surface area contributed by atoms with Gasteiger partial charge in [0.05, 0.1) is 4.90 Å². The van der Waals surface area contributed by atoms with E-state index in [9.17, 15) is 32.4 Å². The maximum Gasteiger partial charge on any atom is 0.329 e. The van der Waals surface area contributed by atoms with Crippen LogP contribution in [-0.4, -0.2) is 75.6 Å². The topological polar surface area (TPSA) is 190 Å². The van der Waals surface area contributed by atoms with E-state index in [4.69, 9.17) is 23.7 Å². The summed E-state index contributed by atoms with van der Waals surface area (Å²) in [6.45, 7) is 5.47. The number of carbonyl (C=O) groups excluding carboxylic acids is 5. The van der Waals surface area contributed by atoms with Gasteiger partial charge in [-0.25, -0.2) is 17.9 Å². The van der Waals surface area contributed by atoms with Crippen LogP contribution < -0.4 is 10.0 Å². The van der Waals surface area contributed by atoms with Crippen LogP contribution in [0.25, 0.3) is 0 Å². The van der Waals surface area contributed by atoms with E-state index in [0.717, 1.165) is 33.3 Å². The summed E-state index contributed by atoms with van der Waals surface area (Å²) in [4.78, 5) is 59.3. The molecule has 0 saturated carbocycles. The molecule has 0 aromatic heterocycles. The van der Waals surface area contributed by atoms with Crippen LogP contribution >= 0.6 is 0 Å². The van der Waals surface area contributed by atoms with Crippen molar-refractivity contribution in [2.75, 3.05) is 6.61 Å². The third-order valence-electron chi connectivity index (χ3n) is 4.84. The van der Waals surface area contributed by atoms with Gasteiger partial charge in [-0.1, -0.05) is 17.7 Å². The quantitative estimate of drug-likeness (QED) is 0.331. The van der Waals surface area contributed by atoms with Crippen LogP contribution in [0.5, 0.6) is 0 Å². The van der Waals surface area contributed by atoms with Gasteiger partial charge in [-0.2, -0.15) is 0 Å². The first-order chi connectivity index (χ1) is 17.2. The molecule has 1 aromatic carbocycles. The molecule has 1 aromatic rings. The molecule has 37 heavy (non-hydrogen) atoms. The molecule has 204 valence electrons. The van der Waals surface area contributed by atoms with E-state index in [1.807, 2.05) is 0 Å². The Kier molecular flexibility index (Phi) is 9.96. The SMILES string of the molecule is CC(=O)OCC1OC(OC(C)=O)C(NC(=O)NS(=O)(=O)c2ccc(C)cc2)C(OC(C)=O)C1OC(C)=O. The number of ether oxygens (including phenoxy) is 5. The lowest BCUT2D eigenvalue weighted by atomic mass is 9.96. The first-order valence-corrected chi connectivity index (χ1v) is 12.4. The minimum atomic E-state index is -4.33. The van der Waals surface area contributed by atoms with Crippen molar-refractivity contribution < 1.29 is 56.1 Å². The lowest BCUT2D eigenvalue weighted by Gasteiger charge is -2.44. The van der Waals surface area contributed by atoms with Gasteiger partial charge in [0.2, 0.25) is 6.29 Å². The third kappa shape index (κ3) is 8.71. The molecule has 2 amide bonds. The summed E-state index contributed by atoms with van der Waals surface area (Å²) in [6.07, 6.45) is -5.96. The van der Waals surface area contributed by atoms with Crippen LogP contribution in [0.2, 0.25) is 0 Å². The number of carbonyl (C=O) groups is 5. The van der Waals surface area contributed by atoms with Gasteiger partial charge in [0.15, 0.2) is 12.2 Å². The number of hydrogen-bond donors (Lipinski definition) is 2. The summed E-state index contributed by atoms with van der Waals surface area (Å²) < 4.78 is 53.2. The zero-order chi connectivity index (χ0) is 27.9. The van der Waals surface area contributed by atoms with Gasteiger partial charge in [-0.05, 0) is 19.1 Å². The number of rotatable bonds is 8. The van der Waals surface area contributed by atoms with Crippen LogP contribution in [0.3, 0.4) is 0 Å². The molecule has 1 aliphatic rings. The van der Waals surface area contributed by atoms with E-state index in [-0.39, 0.29) is 4.90 Å². The van der Waals surface area contributed by atoms with Crippen molar-refractivity contribution in [1.29, 1.82) is 0 Å². The third-order valence-corrected chi connectivity index (χ3v) is 6.19. The van der Waals surface area contributed by atoms with Crippen molar-refractivity contribution in [2.45, 2.75) is 70.2 Å². The minimum absolute atomic E-state index is 0.208. The molecule has 0 bridgehead atoms. The van der Waals surface area contributed by atoms with Crippen LogP contribution in [0, 0.1) is 6.92 Å². The summed E-state index contributed by atoms with van der Waals surface area (Å²) in [5.41, 5.74) is 0.788. The molecule has 0 spiro atoms. The van der Waals surface area contributed by atoms with E-state index >= 15 is 0 Å². The maximum absolute atomic E-state index is 12.7. The van der Waals surface area contributed by atoms with Gasteiger partial charge < -0.3 is 29.0 Å². The summed E-state index contributed by atoms with van der Waals surface area (Å²) in [5, 5.41) is 2.25. The van der Waals surface area contributed by atoms with Crippen LogP contribution in [0.15, 0.2) is 29.2 Å². The highest BCUT2D eigenvalue weighted by Gasteiger charge is 2.52. The molecule has 1 heterocycles. The first kappa shape index (κ1) is 29.5. The molecule has 0 aliphatic carbocycles. The normalized spacial score (nSPS) is 23.2. The number of urea groups is 1. The summed E-state index contributed by atoms with van der Waals surface area (Å²) in [6, 6.07) is 2.79. The Bertz CT molecular complexity index is 1130. The van der Waals surface area contributed by atoms with E-state index in [1.165, 1.54) is 24.3 Å². The van der Waals surface area contributed by atoms with Gasteiger partial charge in [-0.3, -0.25) is 19.2 Å². The molecule has 2 N–H and O–H groups in total. The van der Waals surface area contributed by atoms with Crippen LogP contribution in [-0.2, 0) is 52.9 Å². The molecule has 2 rings (SSSR count). The fourth-order valence-electron chi connectivity index (χ4n) is 3.40. The first-order valence-electron chi connectivity index (χ1n) is 10.9. The van der Waals surface area contributed by atoms with Crippen molar-refractivity contribution in [3.8, 4) is 0 Å². The van der Waals surface area contributed by atoms with E-state index in [0.29, 0.717) is 0 Å². The number of hydrogen-bond acceptors (Lipinski definition) is 12. The van der Waals surface area contributed by atoms with E-state index in [2.05, 4.69) is 5.32 Å². The molecule has 0 radical (unpaired) electrons. The lowest BCUT2D eigenvalue weighted by Crippen LogP contribution is -2.67. The number of esters is 4. The Morgan fingerprint density at radius 2 is 1.38 bits per heavy atom.